The van der Waals surface area contributed by atoms with E-state index in [1.807, 2.05) is 6.07 Å². The van der Waals surface area contributed by atoms with Gasteiger partial charge in [0.05, 0.1) is 11.4 Å². The Hall–Kier alpha value is -2.15. The van der Waals surface area contributed by atoms with Crippen LogP contribution in [-0.4, -0.2) is 24.1 Å². The molecule has 0 bridgehead atoms. The molecule has 2 rings (SSSR count). The molecule has 0 aliphatic rings. The average molecular weight is 310 g/mol. The second-order valence-electron chi connectivity index (χ2n) is 4.19. The molecule has 4 nitrogen and oxygen atoms in total. The zero-order chi connectivity index (χ0) is 15.3. The molecule has 0 amide bonds. The topological polar surface area (TPSA) is 59.9 Å². The van der Waals surface area contributed by atoms with Crippen LogP contribution in [0.3, 0.4) is 0 Å². The van der Waals surface area contributed by atoms with Crippen molar-refractivity contribution in [2.45, 2.75) is 11.6 Å². The fraction of sp³-hybridized carbons (Fsp3) is 0.143. The molecule has 0 unspecified atom stereocenters. The number of benzene rings is 1. The molecule has 1 aromatic heterocycles. The monoisotopic (exact) mass is 310 g/mol. The lowest BCUT2D eigenvalue weighted by Crippen LogP contribution is -2.11. The molecule has 0 radical (unpaired) electrons. The van der Waals surface area contributed by atoms with E-state index in [0.29, 0.717) is 11.8 Å². The van der Waals surface area contributed by atoms with Gasteiger partial charge in [0.1, 0.15) is 0 Å². The highest BCUT2D eigenvalue weighted by molar-refractivity contribution is 7.91. The minimum atomic E-state index is -3.79. The van der Waals surface area contributed by atoms with E-state index in [9.17, 15) is 17.2 Å². The Balaban J connectivity index is 2.27. The summed E-state index contributed by atoms with van der Waals surface area (Å²) in [6.07, 6.45) is -0.264. The second kappa shape index (κ2) is 6.53. The normalized spacial score (nSPS) is 11.1. The highest BCUT2D eigenvalue weighted by atomic mass is 32.2. The number of hydrogen-bond acceptors (Lipinski definition) is 4. The second-order valence-corrected chi connectivity index (χ2v) is 6.19. The van der Waals surface area contributed by atoms with Crippen LogP contribution in [0.4, 0.5) is 8.78 Å². The van der Waals surface area contributed by atoms with Crippen molar-refractivity contribution in [3.8, 4) is 11.3 Å². The molecule has 0 fully saturated rings. The summed E-state index contributed by atoms with van der Waals surface area (Å²) >= 11 is 0. The fourth-order valence-electron chi connectivity index (χ4n) is 1.67. The van der Waals surface area contributed by atoms with Crippen molar-refractivity contribution in [3.63, 3.8) is 0 Å². The Morgan fingerprint density at radius 1 is 1.14 bits per heavy atom. The van der Waals surface area contributed by atoms with Crippen molar-refractivity contribution in [2.75, 3.05) is 5.75 Å². The third kappa shape index (κ3) is 4.16. The van der Waals surface area contributed by atoms with Crippen LogP contribution in [0.25, 0.3) is 11.3 Å². The molecule has 0 aliphatic heterocycles. The van der Waals surface area contributed by atoms with Gasteiger partial charge in [-0.2, -0.15) is 8.78 Å². The van der Waals surface area contributed by atoms with Gasteiger partial charge in [-0.15, -0.1) is 0 Å². The first-order valence-electron chi connectivity index (χ1n) is 6.11. The van der Waals surface area contributed by atoms with Crippen molar-refractivity contribution in [2.24, 2.45) is 0 Å². The van der Waals surface area contributed by atoms with Gasteiger partial charge in [-0.05, 0) is 18.6 Å². The molecule has 1 aromatic carbocycles. The standard InChI is InChI=1S/C14H12F2N2O2S/c15-13(16)7-4-10-21(19,20)14-17-9-8-12(18-14)11-5-2-1-3-6-11/h1-3,5-9H,4,10H2. The predicted octanol–water partition coefficient (Wildman–Crippen LogP) is 3.09. The van der Waals surface area contributed by atoms with Gasteiger partial charge in [-0.25, -0.2) is 18.4 Å². The summed E-state index contributed by atoms with van der Waals surface area (Å²) in [5.74, 6) is -0.456. The number of allylic oxidation sites excluding steroid dienone is 1. The van der Waals surface area contributed by atoms with E-state index in [1.54, 1.807) is 30.3 Å². The van der Waals surface area contributed by atoms with Gasteiger partial charge >= 0.3 is 0 Å². The first-order valence-corrected chi connectivity index (χ1v) is 7.76. The zero-order valence-electron chi connectivity index (χ0n) is 10.9. The van der Waals surface area contributed by atoms with Gasteiger partial charge in [-0.1, -0.05) is 30.3 Å². The van der Waals surface area contributed by atoms with Crippen molar-refractivity contribution >= 4 is 9.84 Å². The summed E-state index contributed by atoms with van der Waals surface area (Å²) in [5, 5.41) is -0.350. The van der Waals surface area contributed by atoms with Crippen LogP contribution in [0.1, 0.15) is 6.42 Å². The van der Waals surface area contributed by atoms with Gasteiger partial charge < -0.3 is 0 Å². The van der Waals surface area contributed by atoms with E-state index < -0.39 is 21.7 Å². The lowest BCUT2D eigenvalue weighted by Gasteiger charge is -2.04. The molecule has 0 spiro atoms. The van der Waals surface area contributed by atoms with Crippen LogP contribution >= 0.6 is 0 Å². The van der Waals surface area contributed by atoms with Crippen molar-refractivity contribution < 1.29 is 17.2 Å². The first kappa shape index (κ1) is 15.2. The number of sulfone groups is 1. The van der Waals surface area contributed by atoms with Crippen LogP contribution in [-0.2, 0) is 9.84 Å². The maximum absolute atomic E-state index is 12.0. The molecule has 0 N–H and O–H groups in total. The number of hydrogen-bond donors (Lipinski definition) is 0. The number of halogens is 2. The largest absolute Gasteiger partial charge is 0.266 e. The molecule has 21 heavy (non-hydrogen) atoms. The van der Waals surface area contributed by atoms with E-state index in [4.69, 9.17) is 0 Å². The van der Waals surface area contributed by atoms with Crippen LogP contribution in [0.15, 0.2) is 59.9 Å². The summed E-state index contributed by atoms with van der Waals surface area (Å²) < 4.78 is 47.9. The Kier molecular flexibility index (Phi) is 4.74. The minimum Gasteiger partial charge on any atom is -0.227 e. The van der Waals surface area contributed by atoms with Crippen LogP contribution in [0.2, 0.25) is 0 Å². The van der Waals surface area contributed by atoms with E-state index in [0.717, 1.165) is 5.56 Å². The predicted molar refractivity (Wildman–Crippen MR) is 74.4 cm³/mol. The molecule has 2 aromatic rings. The van der Waals surface area contributed by atoms with Crippen LogP contribution in [0.5, 0.6) is 0 Å². The Morgan fingerprint density at radius 2 is 1.86 bits per heavy atom. The van der Waals surface area contributed by atoms with E-state index in [-0.39, 0.29) is 11.6 Å². The summed E-state index contributed by atoms with van der Waals surface area (Å²) in [6.45, 7) is 0. The maximum Gasteiger partial charge on any atom is 0.266 e. The summed E-state index contributed by atoms with van der Waals surface area (Å²) in [4.78, 5) is 7.73. The van der Waals surface area contributed by atoms with Gasteiger partial charge in [-0.3, -0.25) is 0 Å². The Bertz CT molecular complexity index is 743. The van der Waals surface area contributed by atoms with Crippen molar-refractivity contribution in [1.82, 2.24) is 9.97 Å². The molecular formula is C14H12F2N2O2S. The number of aromatic nitrogens is 2. The van der Waals surface area contributed by atoms with E-state index >= 15 is 0 Å². The summed E-state index contributed by atoms with van der Waals surface area (Å²) in [5.41, 5.74) is 1.22. The van der Waals surface area contributed by atoms with Crippen molar-refractivity contribution in [3.05, 3.63) is 54.8 Å². The third-order valence-electron chi connectivity index (χ3n) is 2.67. The van der Waals surface area contributed by atoms with Crippen molar-refractivity contribution in [1.29, 1.82) is 0 Å². The SMILES string of the molecule is O=S(=O)(CCC=C(F)F)c1nccc(-c2ccccc2)n1. The first-order chi connectivity index (χ1) is 9.99. The molecule has 0 saturated heterocycles. The highest BCUT2D eigenvalue weighted by Gasteiger charge is 2.18. The van der Waals surface area contributed by atoms with E-state index in [1.165, 1.54) is 6.20 Å². The van der Waals surface area contributed by atoms with Gasteiger partial charge in [0.2, 0.25) is 15.0 Å². The number of rotatable bonds is 5. The lowest BCUT2D eigenvalue weighted by atomic mass is 10.1. The van der Waals surface area contributed by atoms with Gasteiger partial charge in [0, 0.05) is 11.8 Å². The van der Waals surface area contributed by atoms with Gasteiger partial charge in [0.15, 0.2) is 0 Å². The minimum absolute atomic E-state index is 0.274. The Morgan fingerprint density at radius 3 is 2.52 bits per heavy atom. The van der Waals surface area contributed by atoms with Gasteiger partial charge in [0.25, 0.3) is 6.08 Å². The molecule has 7 heteroatoms. The smallest absolute Gasteiger partial charge is 0.227 e. The zero-order valence-corrected chi connectivity index (χ0v) is 11.7. The molecule has 1 heterocycles. The summed E-state index contributed by atoms with van der Waals surface area (Å²) in [7, 11) is -3.79. The molecular weight excluding hydrogens is 298 g/mol. The van der Waals surface area contributed by atoms with E-state index in [2.05, 4.69) is 9.97 Å². The average Bonchev–Trinajstić information content (AvgIpc) is 2.48. The quantitative estimate of drug-likeness (QED) is 0.796. The maximum atomic E-state index is 12.0. The number of nitrogens with zero attached hydrogens (tertiary/aromatic N) is 2. The summed E-state index contributed by atoms with van der Waals surface area (Å²) in [6, 6.07) is 10.6. The molecule has 0 saturated carbocycles. The lowest BCUT2D eigenvalue weighted by molar-refractivity contribution is 0.418. The molecule has 0 aliphatic carbocycles. The molecule has 110 valence electrons. The van der Waals surface area contributed by atoms with Crippen LogP contribution < -0.4 is 0 Å². The van der Waals surface area contributed by atoms with Crippen LogP contribution in [0, 0.1) is 0 Å². The fourth-order valence-corrected chi connectivity index (χ4v) is 2.74. The molecule has 0 atom stereocenters. The highest BCUT2D eigenvalue weighted by Crippen LogP contribution is 2.17. The third-order valence-corrected chi connectivity index (χ3v) is 4.19. The Labute approximate surface area is 121 Å².